The maximum Gasteiger partial charge on any atom is 0.0755 e. The number of nitrogens with zero attached hydrogens (tertiary/aromatic N) is 1. The average molecular weight is 186 g/mol. The van der Waals surface area contributed by atoms with E-state index < -0.39 is 0 Å². The highest BCUT2D eigenvalue weighted by molar-refractivity contribution is 5.92. The lowest BCUT2D eigenvalue weighted by atomic mass is 10.1. The molecule has 0 amide bonds. The van der Waals surface area contributed by atoms with Gasteiger partial charge in [0.25, 0.3) is 0 Å². The van der Waals surface area contributed by atoms with Crippen LogP contribution in [0.3, 0.4) is 0 Å². The summed E-state index contributed by atoms with van der Waals surface area (Å²) in [4.78, 5) is 4.50. The second-order valence-corrected chi connectivity index (χ2v) is 3.83. The number of hydrogen-bond acceptors (Lipinski definition) is 2. The lowest BCUT2D eigenvalue weighted by Crippen LogP contribution is -1.94. The fourth-order valence-corrected chi connectivity index (χ4v) is 1.84. The minimum Gasteiger partial charge on any atom is -0.398 e. The third-order valence-corrected chi connectivity index (χ3v) is 2.41. The number of pyridine rings is 1. The van der Waals surface area contributed by atoms with Crippen LogP contribution in [0, 0.1) is 20.8 Å². The van der Waals surface area contributed by atoms with Crippen LogP contribution in [0.25, 0.3) is 10.9 Å². The first-order valence-corrected chi connectivity index (χ1v) is 4.72. The fourth-order valence-electron chi connectivity index (χ4n) is 1.84. The number of anilines is 1. The number of hydrogen-bond donors (Lipinski definition) is 1. The quantitative estimate of drug-likeness (QED) is 0.687. The molecule has 1 aromatic heterocycles. The van der Waals surface area contributed by atoms with Gasteiger partial charge in [-0.3, -0.25) is 4.98 Å². The molecule has 2 nitrogen and oxygen atoms in total. The van der Waals surface area contributed by atoms with Crippen molar-refractivity contribution in [2.45, 2.75) is 20.8 Å². The van der Waals surface area contributed by atoms with Crippen molar-refractivity contribution in [1.29, 1.82) is 0 Å². The zero-order chi connectivity index (χ0) is 10.3. The monoisotopic (exact) mass is 186 g/mol. The first kappa shape index (κ1) is 9.00. The standard InChI is InChI=1S/C12H14N2/c1-7-4-8(2)12-10(5-7)11(13)6-9(3)14-12/h4-6H,1-3H3,(H2,13,14). The van der Waals surface area contributed by atoms with Gasteiger partial charge in [0.2, 0.25) is 0 Å². The summed E-state index contributed by atoms with van der Waals surface area (Å²) >= 11 is 0. The molecule has 0 radical (unpaired) electrons. The molecule has 0 unspecified atom stereocenters. The fraction of sp³-hybridized carbons (Fsp3) is 0.250. The van der Waals surface area contributed by atoms with Gasteiger partial charge in [-0.1, -0.05) is 11.6 Å². The molecule has 0 fully saturated rings. The van der Waals surface area contributed by atoms with Crippen molar-refractivity contribution in [2.24, 2.45) is 0 Å². The first-order valence-electron chi connectivity index (χ1n) is 4.72. The van der Waals surface area contributed by atoms with Crippen LogP contribution in [0.5, 0.6) is 0 Å². The van der Waals surface area contributed by atoms with E-state index >= 15 is 0 Å². The third kappa shape index (κ3) is 1.33. The van der Waals surface area contributed by atoms with E-state index in [1.54, 1.807) is 0 Å². The van der Waals surface area contributed by atoms with Crippen LogP contribution in [-0.2, 0) is 0 Å². The molecule has 2 heteroatoms. The van der Waals surface area contributed by atoms with Crippen molar-refractivity contribution >= 4 is 16.6 Å². The van der Waals surface area contributed by atoms with Crippen molar-refractivity contribution < 1.29 is 0 Å². The van der Waals surface area contributed by atoms with E-state index in [2.05, 4.69) is 31.0 Å². The van der Waals surface area contributed by atoms with E-state index in [0.717, 1.165) is 22.3 Å². The first-order chi connectivity index (χ1) is 6.58. The highest BCUT2D eigenvalue weighted by Crippen LogP contribution is 2.24. The minimum atomic E-state index is 0.819. The Hall–Kier alpha value is -1.57. The summed E-state index contributed by atoms with van der Waals surface area (Å²) in [5.41, 5.74) is 11.2. The van der Waals surface area contributed by atoms with Gasteiger partial charge in [0, 0.05) is 16.8 Å². The third-order valence-electron chi connectivity index (χ3n) is 2.41. The molecule has 0 aliphatic heterocycles. The van der Waals surface area contributed by atoms with Gasteiger partial charge in [0.1, 0.15) is 0 Å². The summed E-state index contributed by atoms with van der Waals surface area (Å²) in [5, 5.41) is 1.06. The molecule has 1 heterocycles. The Kier molecular flexibility index (Phi) is 1.92. The number of benzene rings is 1. The predicted molar refractivity (Wildman–Crippen MR) is 60.4 cm³/mol. The van der Waals surface area contributed by atoms with Crippen molar-refractivity contribution in [3.63, 3.8) is 0 Å². The Morgan fingerprint density at radius 1 is 1.07 bits per heavy atom. The molecule has 1 aromatic carbocycles. The lowest BCUT2D eigenvalue weighted by Gasteiger charge is -2.07. The SMILES string of the molecule is Cc1cc(C)c2nc(C)cc(N)c2c1. The van der Waals surface area contributed by atoms with Crippen LogP contribution in [0.1, 0.15) is 16.8 Å². The van der Waals surface area contributed by atoms with Gasteiger partial charge in [0.15, 0.2) is 0 Å². The van der Waals surface area contributed by atoms with Gasteiger partial charge in [-0.25, -0.2) is 0 Å². The van der Waals surface area contributed by atoms with Crippen molar-refractivity contribution in [3.05, 3.63) is 35.0 Å². The van der Waals surface area contributed by atoms with E-state index in [1.165, 1.54) is 11.1 Å². The summed E-state index contributed by atoms with van der Waals surface area (Å²) in [6.45, 7) is 6.11. The van der Waals surface area contributed by atoms with Crippen LogP contribution in [0.2, 0.25) is 0 Å². The molecule has 72 valence electrons. The molecule has 14 heavy (non-hydrogen) atoms. The van der Waals surface area contributed by atoms with Crippen molar-refractivity contribution in [1.82, 2.24) is 4.98 Å². The summed E-state index contributed by atoms with van der Waals surface area (Å²) in [5.74, 6) is 0. The van der Waals surface area contributed by atoms with Crippen LogP contribution >= 0.6 is 0 Å². The normalized spacial score (nSPS) is 10.8. The topological polar surface area (TPSA) is 38.9 Å². The summed E-state index contributed by atoms with van der Waals surface area (Å²) in [6, 6.07) is 6.14. The zero-order valence-electron chi connectivity index (χ0n) is 8.76. The van der Waals surface area contributed by atoms with Gasteiger partial charge in [-0.15, -0.1) is 0 Å². The molecule has 0 aliphatic carbocycles. The van der Waals surface area contributed by atoms with E-state index in [-0.39, 0.29) is 0 Å². The Morgan fingerprint density at radius 2 is 1.79 bits per heavy atom. The molecule has 2 rings (SSSR count). The van der Waals surface area contributed by atoms with Gasteiger partial charge in [-0.05, 0) is 38.5 Å². The molecule has 0 saturated heterocycles. The average Bonchev–Trinajstić information content (AvgIpc) is 2.07. The van der Waals surface area contributed by atoms with Crippen LogP contribution < -0.4 is 5.73 Å². The van der Waals surface area contributed by atoms with Gasteiger partial charge in [0.05, 0.1) is 5.52 Å². The molecule has 0 aliphatic rings. The summed E-state index contributed by atoms with van der Waals surface area (Å²) in [7, 11) is 0. The van der Waals surface area contributed by atoms with E-state index in [1.807, 2.05) is 13.0 Å². The number of nitrogen functional groups attached to an aromatic ring is 1. The highest BCUT2D eigenvalue weighted by Gasteiger charge is 2.04. The lowest BCUT2D eigenvalue weighted by molar-refractivity contribution is 1.24. The van der Waals surface area contributed by atoms with Gasteiger partial charge < -0.3 is 5.73 Å². The molecule has 0 saturated carbocycles. The molecule has 0 spiro atoms. The van der Waals surface area contributed by atoms with E-state index in [4.69, 9.17) is 5.73 Å². The van der Waals surface area contributed by atoms with Gasteiger partial charge in [-0.2, -0.15) is 0 Å². The molecular formula is C12H14N2. The smallest absolute Gasteiger partial charge is 0.0755 e. The number of aryl methyl sites for hydroxylation is 3. The minimum absolute atomic E-state index is 0.819. The van der Waals surface area contributed by atoms with E-state index in [9.17, 15) is 0 Å². The molecule has 2 aromatic rings. The molecular weight excluding hydrogens is 172 g/mol. The van der Waals surface area contributed by atoms with Gasteiger partial charge >= 0.3 is 0 Å². The number of rotatable bonds is 0. The van der Waals surface area contributed by atoms with E-state index in [0.29, 0.717) is 0 Å². The Labute approximate surface area is 83.8 Å². The molecule has 2 N–H and O–H groups in total. The molecule has 0 bridgehead atoms. The van der Waals surface area contributed by atoms with Crippen molar-refractivity contribution in [2.75, 3.05) is 5.73 Å². The largest absolute Gasteiger partial charge is 0.398 e. The predicted octanol–water partition coefficient (Wildman–Crippen LogP) is 2.74. The Morgan fingerprint density at radius 3 is 2.50 bits per heavy atom. The summed E-state index contributed by atoms with van der Waals surface area (Å²) in [6.07, 6.45) is 0. The second kappa shape index (κ2) is 2.98. The van der Waals surface area contributed by atoms with Crippen LogP contribution in [0.15, 0.2) is 18.2 Å². The zero-order valence-corrected chi connectivity index (χ0v) is 8.76. The maximum atomic E-state index is 5.95. The number of nitrogens with two attached hydrogens (primary N) is 1. The Bertz CT molecular complexity index is 454. The highest BCUT2D eigenvalue weighted by atomic mass is 14.7. The number of aromatic nitrogens is 1. The van der Waals surface area contributed by atoms with Crippen LogP contribution in [0.4, 0.5) is 5.69 Å². The van der Waals surface area contributed by atoms with Crippen LogP contribution in [-0.4, -0.2) is 4.98 Å². The number of fused-ring (bicyclic) bond motifs is 1. The molecule has 0 atom stereocenters. The summed E-state index contributed by atoms with van der Waals surface area (Å²) < 4.78 is 0. The van der Waals surface area contributed by atoms with Crippen molar-refractivity contribution in [3.8, 4) is 0 Å². The Balaban J connectivity index is 2.94. The maximum absolute atomic E-state index is 5.95. The second-order valence-electron chi connectivity index (χ2n) is 3.83.